The number of esters is 2. The van der Waals surface area contributed by atoms with Gasteiger partial charge in [0, 0.05) is 30.0 Å². The van der Waals surface area contributed by atoms with Crippen LogP contribution in [-0.4, -0.2) is 61.1 Å². The SMILES string of the molecule is CCCCOC(=O)c1ccc(C(=O)C[N+]23CCC(CC2)[C@@H](OC(=O)[C@H](Nc2ccccc2)c2ccccc2)C3)cc1.[Br-]. The summed E-state index contributed by atoms with van der Waals surface area (Å²) in [5, 5.41) is 3.35. The van der Waals surface area contributed by atoms with Gasteiger partial charge in [0.2, 0.25) is 5.78 Å². The number of hydrogen-bond acceptors (Lipinski definition) is 6. The number of quaternary nitrogens is 1. The topological polar surface area (TPSA) is 81.7 Å². The Morgan fingerprint density at radius 3 is 2.14 bits per heavy atom. The number of nitrogens with zero attached hydrogens (tertiary/aromatic N) is 1. The molecule has 3 aromatic carbocycles. The molecule has 0 aliphatic carbocycles. The highest BCUT2D eigenvalue weighted by molar-refractivity contribution is 5.98. The van der Waals surface area contributed by atoms with Crippen molar-refractivity contribution in [2.75, 3.05) is 38.1 Å². The van der Waals surface area contributed by atoms with Crippen LogP contribution in [0, 0.1) is 5.92 Å². The zero-order valence-corrected chi connectivity index (χ0v) is 25.6. The number of halogens is 1. The number of benzene rings is 3. The predicted molar refractivity (Wildman–Crippen MR) is 158 cm³/mol. The minimum absolute atomic E-state index is 0. The Labute approximate surface area is 258 Å². The summed E-state index contributed by atoms with van der Waals surface area (Å²) < 4.78 is 12.1. The van der Waals surface area contributed by atoms with Gasteiger partial charge in [0.1, 0.15) is 13.1 Å². The number of unbranched alkanes of at least 4 members (excludes halogenated alkanes) is 1. The van der Waals surface area contributed by atoms with Gasteiger partial charge in [0.05, 0.1) is 25.3 Å². The number of carbonyl (C=O) groups excluding carboxylic acids is 3. The average Bonchev–Trinajstić information content (AvgIpc) is 3.01. The number of nitrogens with one attached hydrogen (secondary N) is 1. The van der Waals surface area contributed by atoms with E-state index in [0.29, 0.717) is 41.2 Å². The summed E-state index contributed by atoms with van der Waals surface area (Å²) in [4.78, 5) is 39.2. The first kappa shape index (κ1) is 31.4. The molecular weight excluding hydrogens is 596 g/mol. The number of Topliss-reactive ketones (excluding diaryl/α,β-unsaturated/α-hetero) is 1. The Hall–Kier alpha value is -3.49. The van der Waals surface area contributed by atoms with Gasteiger partial charge >= 0.3 is 11.9 Å². The van der Waals surface area contributed by atoms with Crippen LogP contribution in [0.25, 0.3) is 0 Å². The van der Waals surface area contributed by atoms with Crippen LogP contribution >= 0.6 is 0 Å². The Morgan fingerprint density at radius 2 is 1.50 bits per heavy atom. The van der Waals surface area contributed by atoms with Crippen molar-refractivity contribution in [3.8, 4) is 0 Å². The number of hydrogen-bond donors (Lipinski definition) is 1. The molecule has 8 heteroatoms. The normalized spacial score (nSPS) is 21.5. The third-order valence-electron chi connectivity index (χ3n) is 8.42. The molecule has 3 saturated heterocycles. The molecule has 0 saturated carbocycles. The summed E-state index contributed by atoms with van der Waals surface area (Å²) in [6, 6.07) is 25.4. The number of piperidine rings is 3. The Balaban J connectivity index is 0.00000405. The highest BCUT2D eigenvalue weighted by Crippen LogP contribution is 2.37. The highest BCUT2D eigenvalue weighted by atomic mass is 79.9. The van der Waals surface area contributed by atoms with Crippen molar-refractivity contribution in [3.63, 3.8) is 0 Å². The maximum atomic E-state index is 13.6. The van der Waals surface area contributed by atoms with Gasteiger partial charge in [-0.3, -0.25) is 4.79 Å². The maximum absolute atomic E-state index is 13.6. The molecule has 1 N–H and O–H groups in total. The van der Waals surface area contributed by atoms with E-state index in [4.69, 9.17) is 9.47 Å². The number of anilines is 1. The second-order valence-corrected chi connectivity index (χ2v) is 11.3. The van der Waals surface area contributed by atoms with Crippen LogP contribution in [0.15, 0.2) is 84.9 Å². The van der Waals surface area contributed by atoms with E-state index >= 15 is 0 Å². The summed E-state index contributed by atoms with van der Waals surface area (Å²) in [5.41, 5.74) is 2.73. The molecular formula is C34H39BrN2O5. The maximum Gasteiger partial charge on any atom is 0.338 e. The number of rotatable bonds is 12. The van der Waals surface area contributed by atoms with Gasteiger partial charge in [0.25, 0.3) is 0 Å². The summed E-state index contributed by atoms with van der Waals surface area (Å²) in [6.07, 6.45) is 3.41. The highest BCUT2D eigenvalue weighted by Gasteiger charge is 2.49. The lowest BCUT2D eigenvalue weighted by Gasteiger charge is -2.51. The summed E-state index contributed by atoms with van der Waals surface area (Å²) in [6.45, 7) is 5.23. The first-order chi connectivity index (χ1) is 20.0. The lowest BCUT2D eigenvalue weighted by molar-refractivity contribution is -0.938. The molecule has 2 bridgehead atoms. The minimum Gasteiger partial charge on any atom is -1.00 e. The fraction of sp³-hybridized carbons (Fsp3) is 0.382. The van der Waals surface area contributed by atoms with Crippen molar-refractivity contribution >= 4 is 23.4 Å². The van der Waals surface area contributed by atoms with E-state index in [2.05, 4.69) is 5.32 Å². The number of ether oxygens (including phenoxy) is 2. The molecule has 42 heavy (non-hydrogen) atoms. The fourth-order valence-electron chi connectivity index (χ4n) is 6.00. The van der Waals surface area contributed by atoms with Gasteiger partial charge < -0.3 is 36.3 Å². The average molecular weight is 636 g/mol. The lowest BCUT2D eigenvalue weighted by atomic mass is 9.82. The van der Waals surface area contributed by atoms with E-state index in [1.165, 1.54) is 0 Å². The smallest absolute Gasteiger partial charge is 0.338 e. The van der Waals surface area contributed by atoms with Crippen molar-refractivity contribution in [3.05, 3.63) is 102 Å². The molecule has 0 aromatic heterocycles. The Morgan fingerprint density at radius 1 is 0.881 bits per heavy atom. The Bertz CT molecular complexity index is 1330. The zero-order chi connectivity index (χ0) is 28.7. The Kier molecular flexibility index (Phi) is 10.9. The quantitative estimate of drug-likeness (QED) is 0.143. The van der Waals surface area contributed by atoms with Crippen LogP contribution in [0.2, 0.25) is 0 Å². The third kappa shape index (κ3) is 7.66. The van der Waals surface area contributed by atoms with Crippen molar-refractivity contribution < 1.29 is 45.3 Å². The first-order valence-corrected chi connectivity index (χ1v) is 14.7. The lowest BCUT2D eigenvalue weighted by Crippen LogP contribution is -3.00. The van der Waals surface area contributed by atoms with Crippen molar-refractivity contribution in [1.82, 2.24) is 0 Å². The number of ketones is 1. The molecule has 3 aliphatic rings. The van der Waals surface area contributed by atoms with Crippen molar-refractivity contribution in [2.45, 2.75) is 44.8 Å². The molecule has 3 heterocycles. The van der Waals surface area contributed by atoms with E-state index in [1.807, 2.05) is 67.6 Å². The van der Waals surface area contributed by atoms with Crippen LogP contribution < -0.4 is 22.3 Å². The molecule has 2 atom stereocenters. The van der Waals surface area contributed by atoms with Crippen LogP contribution in [0.5, 0.6) is 0 Å². The number of para-hydroxylation sites is 1. The third-order valence-corrected chi connectivity index (χ3v) is 8.42. The molecule has 6 rings (SSSR count). The summed E-state index contributed by atoms with van der Waals surface area (Å²) in [5.74, 6) is -0.322. The van der Waals surface area contributed by atoms with Crippen LogP contribution in [-0.2, 0) is 14.3 Å². The van der Waals surface area contributed by atoms with Crippen molar-refractivity contribution in [2.24, 2.45) is 5.92 Å². The molecule has 0 amide bonds. The van der Waals surface area contributed by atoms with E-state index in [-0.39, 0.29) is 40.8 Å². The molecule has 3 aliphatic heterocycles. The monoisotopic (exact) mass is 634 g/mol. The number of fused-ring (bicyclic) bond motifs is 3. The first-order valence-electron chi connectivity index (χ1n) is 14.7. The number of carbonyl (C=O) groups is 3. The van der Waals surface area contributed by atoms with E-state index in [1.54, 1.807) is 24.3 Å². The van der Waals surface area contributed by atoms with Gasteiger partial charge in [-0.15, -0.1) is 0 Å². The molecule has 3 aromatic rings. The summed E-state index contributed by atoms with van der Waals surface area (Å²) in [7, 11) is 0. The predicted octanol–water partition coefficient (Wildman–Crippen LogP) is 2.84. The fourth-order valence-corrected chi connectivity index (χ4v) is 6.00. The van der Waals surface area contributed by atoms with Crippen molar-refractivity contribution in [1.29, 1.82) is 0 Å². The van der Waals surface area contributed by atoms with Gasteiger partial charge in [0.15, 0.2) is 12.1 Å². The van der Waals surface area contributed by atoms with Gasteiger partial charge in [-0.2, -0.15) is 0 Å². The zero-order valence-electron chi connectivity index (χ0n) is 24.0. The standard InChI is InChI=1S/C34H39N2O5.BrH/c1-2-3-22-40-33(38)28-16-14-25(15-17-28)30(37)23-36-20-18-26(19-21-36)31(24-36)41-34(39)32(27-10-6-4-7-11-27)35-29-12-8-5-9-13-29;/h4-17,26,31-32,35H,2-3,18-24H2,1H3;1H/q+1;/p-1/t26?,31-,32+,36?;/m0./s1. The largest absolute Gasteiger partial charge is 1.00 e. The molecule has 0 radical (unpaired) electrons. The molecule has 0 spiro atoms. The van der Waals surface area contributed by atoms with Gasteiger partial charge in [-0.05, 0) is 36.2 Å². The molecule has 7 nitrogen and oxygen atoms in total. The molecule has 3 fully saturated rings. The minimum atomic E-state index is -0.628. The molecule has 222 valence electrons. The van der Waals surface area contributed by atoms with E-state index in [9.17, 15) is 14.4 Å². The van der Waals surface area contributed by atoms with E-state index in [0.717, 1.165) is 50.0 Å². The van der Waals surface area contributed by atoms with Crippen LogP contribution in [0.4, 0.5) is 5.69 Å². The molecule has 0 unspecified atom stereocenters. The second kappa shape index (κ2) is 14.6. The second-order valence-electron chi connectivity index (χ2n) is 11.3. The van der Waals surface area contributed by atoms with Gasteiger partial charge in [-0.1, -0.05) is 74.0 Å². The summed E-state index contributed by atoms with van der Waals surface area (Å²) >= 11 is 0. The van der Waals surface area contributed by atoms with Crippen LogP contribution in [0.3, 0.4) is 0 Å². The van der Waals surface area contributed by atoms with Gasteiger partial charge in [-0.25, -0.2) is 9.59 Å². The van der Waals surface area contributed by atoms with E-state index < -0.39 is 6.04 Å². The van der Waals surface area contributed by atoms with Crippen LogP contribution in [0.1, 0.15) is 64.9 Å².